The molecule has 1 aromatic carbocycles. The summed E-state index contributed by atoms with van der Waals surface area (Å²) >= 11 is 2.05. The van der Waals surface area contributed by atoms with Crippen molar-refractivity contribution in [2.24, 2.45) is 5.41 Å². The van der Waals surface area contributed by atoms with Gasteiger partial charge in [-0.15, -0.1) is 0 Å². The van der Waals surface area contributed by atoms with Crippen molar-refractivity contribution in [3.05, 3.63) is 23.8 Å². The topological polar surface area (TPSA) is 21.3 Å². The third kappa shape index (κ3) is 4.32. The van der Waals surface area contributed by atoms with Crippen molar-refractivity contribution in [1.29, 1.82) is 0 Å². The molecule has 0 saturated carbocycles. The van der Waals surface area contributed by atoms with Crippen molar-refractivity contribution >= 4 is 17.4 Å². The fourth-order valence-electron chi connectivity index (χ4n) is 2.86. The van der Waals surface area contributed by atoms with Gasteiger partial charge in [-0.2, -0.15) is 11.8 Å². The number of hydrogen-bond donors (Lipinski definition) is 1. The molecule has 1 atom stereocenters. The third-order valence-corrected chi connectivity index (χ3v) is 5.66. The van der Waals surface area contributed by atoms with Crippen LogP contribution in [0.2, 0.25) is 0 Å². The predicted molar refractivity (Wildman–Crippen MR) is 94.8 cm³/mol. The quantitative estimate of drug-likeness (QED) is 0.855. The maximum atomic E-state index is 5.54. The van der Waals surface area contributed by atoms with E-state index < -0.39 is 0 Å². The summed E-state index contributed by atoms with van der Waals surface area (Å²) in [6.45, 7) is 11.5. The van der Waals surface area contributed by atoms with E-state index in [-0.39, 0.29) is 5.41 Å². The number of thioether (sulfide) groups is 1. The summed E-state index contributed by atoms with van der Waals surface area (Å²) in [4.78, 5) is 0. The van der Waals surface area contributed by atoms with E-state index in [0.29, 0.717) is 11.5 Å². The number of benzene rings is 1. The Labute approximate surface area is 134 Å². The molecule has 0 aromatic heterocycles. The van der Waals surface area contributed by atoms with E-state index in [2.05, 4.69) is 58.1 Å². The highest BCUT2D eigenvalue weighted by molar-refractivity contribution is 7.99. The lowest BCUT2D eigenvalue weighted by atomic mass is 9.86. The number of nitrogens with one attached hydrogen (secondary N) is 1. The highest BCUT2D eigenvalue weighted by atomic mass is 32.2. The summed E-state index contributed by atoms with van der Waals surface area (Å²) in [5.41, 5.74) is 3.04. The van der Waals surface area contributed by atoms with Crippen LogP contribution < -0.4 is 10.1 Å². The smallest absolute Gasteiger partial charge is 0.141 e. The van der Waals surface area contributed by atoms with Crippen LogP contribution in [-0.4, -0.2) is 24.7 Å². The second-order valence-corrected chi connectivity index (χ2v) is 8.92. The van der Waals surface area contributed by atoms with Crippen LogP contribution in [0.15, 0.2) is 18.2 Å². The highest BCUT2D eigenvalue weighted by Gasteiger charge is 2.29. The Bertz CT molecular complexity index is 490. The van der Waals surface area contributed by atoms with E-state index in [4.69, 9.17) is 4.74 Å². The average Bonchev–Trinajstić information content (AvgIpc) is 2.36. The van der Waals surface area contributed by atoms with Crippen LogP contribution in [0.25, 0.3) is 0 Å². The molecule has 0 radical (unpaired) electrons. The van der Waals surface area contributed by atoms with Crippen LogP contribution in [-0.2, 0) is 5.41 Å². The molecule has 1 N–H and O–H groups in total. The molecule has 0 amide bonds. The Morgan fingerprint density at radius 3 is 2.57 bits per heavy atom. The molecule has 1 aliphatic rings. The molecule has 1 heterocycles. The Balaban J connectivity index is 2.21. The third-order valence-electron chi connectivity index (χ3n) is 4.04. The second-order valence-electron chi connectivity index (χ2n) is 7.89. The van der Waals surface area contributed by atoms with Gasteiger partial charge in [-0.1, -0.05) is 40.7 Å². The molecule has 2 rings (SSSR count). The SMILES string of the molecule is COc1ccc(C(C)(C)C)cc1NC1CSCC(C)(C)C1. The van der Waals surface area contributed by atoms with Gasteiger partial charge in [0.25, 0.3) is 0 Å². The Kier molecular flexibility index (Phi) is 4.82. The monoisotopic (exact) mass is 307 g/mol. The molecule has 2 nitrogen and oxygen atoms in total. The minimum atomic E-state index is 0.156. The summed E-state index contributed by atoms with van der Waals surface area (Å²) < 4.78 is 5.54. The van der Waals surface area contributed by atoms with E-state index in [9.17, 15) is 0 Å². The van der Waals surface area contributed by atoms with E-state index in [1.165, 1.54) is 23.5 Å². The first kappa shape index (κ1) is 16.5. The molecule has 1 aliphatic heterocycles. The molecular formula is C18H29NOS. The van der Waals surface area contributed by atoms with Gasteiger partial charge in [0.05, 0.1) is 12.8 Å². The van der Waals surface area contributed by atoms with Crippen molar-refractivity contribution in [2.75, 3.05) is 23.9 Å². The Hall–Kier alpha value is -0.830. The van der Waals surface area contributed by atoms with Gasteiger partial charge < -0.3 is 10.1 Å². The van der Waals surface area contributed by atoms with Gasteiger partial charge in [0.1, 0.15) is 5.75 Å². The van der Waals surface area contributed by atoms with Crippen LogP contribution >= 0.6 is 11.8 Å². The van der Waals surface area contributed by atoms with Gasteiger partial charge in [-0.25, -0.2) is 0 Å². The zero-order chi connectivity index (χ0) is 15.7. The summed E-state index contributed by atoms with van der Waals surface area (Å²) in [7, 11) is 1.75. The summed E-state index contributed by atoms with van der Waals surface area (Å²) in [5, 5.41) is 3.72. The first-order valence-electron chi connectivity index (χ1n) is 7.74. The molecule has 0 aliphatic carbocycles. The summed E-state index contributed by atoms with van der Waals surface area (Å²) in [6.07, 6.45) is 1.21. The zero-order valence-electron chi connectivity index (χ0n) is 14.2. The molecule has 0 bridgehead atoms. The largest absolute Gasteiger partial charge is 0.495 e. The van der Waals surface area contributed by atoms with Crippen molar-refractivity contribution in [2.45, 2.75) is 52.5 Å². The number of ether oxygens (including phenoxy) is 1. The Morgan fingerprint density at radius 2 is 2.00 bits per heavy atom. The fraction of sp³-hybridized carbons (Fsp3) is 0.667. The van der Waals surface area contributed by atoms with Gasteiger partial charge in [-0.05, 0) is 40.7 Å². The minimum Gasteiger partial charge on any atom is -0.495 e. The highest BCUT2D eigenvalue weighted by Crippen LogP contribution is 2.37. The van der Waals surface area contributed by atoms with Crippen molar-refractivity contribution < 1.29 is 4.74 Å². The molecule has 1 fully saturated rings. The van der Waals surface area contributed by atoms with Gasteiger partial charge in [0.2, 0.25) is 0 Å². The van der Waals surface area contributed by atoms with Crippen LogP contribution in [0.1, 0.15) is 46.6 Å². The van der Waals surface area contributed by atoms with Crippen LogP contribution in [0.5, 0.6) is 5.75 Å². The van der Waals surface area contributed by atoms with Crippen molar-refractivity contribution in [3.63, 3.8) is 0 Å². The fourth-order valence-corrected chi connectivity index (χ4v) is 4.14. The van der Waals surface area contributed by atoms with Crippen LogP contribution in [0.3, 0.4) is 0 Å². The van der Waals surface area contributed by atoms with Crippen LogP contribution in [0.4, 0.5) is 5.69 Å². The first-order chi connectivity index (χ1) is 9.71. The van der Waals surface area contributed by atoms with Gasteiger partial charge >= 0.3 is 0 Å². The number of rotatable bonds is 3. The summed E-state index contributed by atoms with van der Waals surface area (Å²) in [5.74, 6) is 3.37. The molecule has 1 aromatic rings. The summed E-state index contributed by atoms with van der Waals surface area (Å²) in [6, 6.07) is 7.03. The van der Waals surface area contributed by atoms with Crippen molar-refractivity contribution in [3.8, 4) is 5.75 Å². The second kappa shape index (κ2) is 6.12. The van der Waals surface area contributed by atoms with Gasteiger partial charge in [-0.3, -0.25) is 0 Å². The minimum absolute atomic E-state index is 0.156. The van der Waals surface area contributed by atoms with E-state index in [1.807, 2.05) is 11.8 Å². The van der Waals surface area contributed by atoms with E-state index in [0.717, 1.165) is 11.4 Å². The normalized spacial score (nSPS) is 21.9. The van der Waals surface area contributed by atoms with E-state index in [1.54, 1.807) is 7.11 Å². The lowest BCUT2D eigenvalue weighted by molar-refractivity contribution is 0.357. The molecular weight excluding hydrogens is 278 g/mol. The Morgan fingerprint density at radius 1 is 1.29 bits per heavy atom. The lowest BCUT2D eigenvalue weighted by Crippen LogP contribution is -2.35. The maximum absolute atomic E-state index is 5.54. The average molecular weight is 308 g/mol. The van der Waals surface area contributed by atoms with Crippen LogP contribution in [0, 0.1) is 5.41 Å². The van der Waals surface area contributed by atoms with Gasteiger partial charge in [0.15, 0.2) is 0 Å². The van der Waals surface area contributed by atoms with E-state index >= 15 is 0 Å². The lowest BCUT2D eigenvalue weighted by Gasteiger charge is -2.36. The number of anilines is 1. The molecule has 0 spiro atoms. The molecule has 21 heavy (non-hydrogen) atoms. The standard InChI is InChI=1S/C18H29NOS/c1-17(2,3)13-7-8-16(20-6)15(9-13)19-14-10-18(4,5)12-21-11-14/h7-9,14,19H,10-12H2,1-6H3. The molecule has 118 valence electrons. The predicted octanol–water partition coefficient (Wildman–Crippen LogP) is 4.94. The molecule has 1 unspecified atom stereocenters. The number of hydrogen-bond acceptors (Lipinski definition) is 3. The zero-order valence-corrected chi connectivity index (χ0v) is 15.1. The van der Waals surface area contributed by atoms with Gasteiger partial charge in [0, 0.05) is 11.8 Å². The first-order valence-corrected chi connectivity index (χ1v) is 8.89. The van der Waals surface area contributed by atoms with Crippen molar-refractivity contribution in [1.82, 2.24) is 0 Å². The maximum Gasteiger partial charge on any atom is 0.141 e. The number of methoxy groups -OCH3 is 1. The molecule has 1 saturated heterocycles. The molecule has 3 heteroatoms.